The summed E-state index contributed by atoms with van der Waals surface area (Å²) in [4.78, 5) is 9.73. The van der Waals surface area contributed by atoms with Crippen molar-refractivity contribution in [2.24, 2.45) is 0 Å². The van der Waals surface area contributed by atoms with Crippen LogP contribution in [-0.2, 0) is 13.1 Å². The van der Waals surface area contributed by atoms with Gasteiger partial charge in [0.05, 0.1) is 22.1 Å². The van der Waals surface area contributed by atoms with Crippen LogP contribution in [0.1, 0.15) is 13.8 Å². The average Bonchev–Trinajstić information content (AvgIpc) is 3.31. The standard InChI is InChI=1S/C24H22N4/c1-3-27-21-11-7-5-9-19(21)25-23(27)17-13-15-18(16-14-17)24-26-20-10-6-8-12-22(20)28(24)4-2/h5-16H,3-4H2,1-2H3. The van der Waals surface area contributed by atoms with E-state index in [0.717, 1.165) is 46.9 Å². The fraction of sp³-hybridized carbons (Fsp3) is 0.167. The molecule has 2 aromatic heterocycles. The van der Waals surface area contributed by atoms with Gasteiger partial charge in [-0.25, -0.2) is 9.97 Å². The minimum Gasteiger partial charge on any atom is -0.324 e. The average molecular weight is 366 g/mol. The summed E-state index contributed by atoms with van der Waals surface area (Å²) >= 11 is 0. The quantitative estimate of drug-likeness (QED) is 0.405. The van der Waals surface area contributed by atoms with Crippen LogP contribution in [0.25, 0.3) is 44.8 Å². The van der Waals surface area contributed by atoms with Crippen molar-refractivity contribution in [2.75, 3.05) is 0 Å². The highest BCUT2D eigenvalue weighted by molar-refractivity contribution is 5.82. The van der Waals surface area contributed by atoms with E-state index in [1.165, 1.54) is 11.0 Å². The zero-order valence-corrected chi connectivity index (χ0v) is 16.1. The molecule has 0 fully saturated rings. The molecule has 2 heterocycles. The van der Waals surface area contributed by atoms with Crippen molar-refractivity contribution in [1.82, 2.24) is 19.1 Å². The molecule has 4 nitrogen and oxygen atoms in total. The molecule has 3 aromatic carbocycles. The fourth-order valence-corrected chi connectivity index (χ4v) is 4.00. The second kappa shape index (κ2) is 6.64. The van der Waals surface area contributed by atoms with Crippen LogP contribution in [0.4, 0.5) is 0 Å². The molecule has 28 heavy (non-hydrogen) atoms. The number of nitrogens with zero attached hydrogens (tertiary/aromatic N) is 4. The number of fused-ring (bicyclic) bond motifs is 2. The Morgan fingerprint density at radius 3 is 1.36 bits per heavy atom. The van der Waals surface area contributed by atoms with Crippen molar-refractivity contribution < 1.29 is 0 Å². The van der Waals surface area contributed by atoms with E-state index >= 15 is 0 Å². The van der Waals surface area contributed by atoms with Gasteiger partial charge in [-0.05, 0) is 38.1 Å². The van der Waals surface area contributed by atoms with E-state index in [9.17, 15) is 0 Å². The second-order valence-electron chi connectivity index (χ2n) is 6.91. The molecular weight excluding hydrogens is 344 g/mol. The number of benzene rings is 3. The lowest BCUT2D eigenvalue weighted by atomic mass is 10.1. The van der Waals surface area contributed by atoms with Gasteiger partial charge in [-0.15, -0.1) is 0 Å². The number of hydrogen-bond acceptors (Lipinski definition) is 2. The summed E-state index contributed by atoms with van der Waals surface area (Å²) in [6.07, 6.45) is 0. The highest BCUT2D eigenvalue weighted by Gasteiger charge is 2.14. The summed E-state index contributed by atoms with van der Waals surface area (Å²) in [5, 5.41) is 0. The monoisotopic (exact) mass is 366 g/mol. The van der Waals surface area contributed by atoms with Crippen LogP contribution in [0.2, 0.25) is 0 Å². The molecule has 0 amide bonds. The van der Waals surface area contributed by atoms with Crippen LogP contribution in [0.15, 0.2) is 72.8 Å². The van der Waals surface area contributed by atoms with Crippen molar-refractivity contribution in [3.63, 3.8) is 0 Å². The predicted octanol–water partition coefficient (Wildman–Crippen LogP) is 5.76. The maximum absolute atomic E-state index is 4.87. The topological polar surface area (TPSA) is 35.6 Å². The van der Waals surface area contributed by atoms with Crippen LogP contribution in [-0.4, -0.2) is 19.1 Å². The molecule has 0 saturated heterocycles. The predicted molar refractivity (Wildman–Crippen MR) is 115 cm³/mol. The fourth-order valence-electron chi connectivity index (χ4n) is 4.00. The van der Waals surface area contributed by atoms with Gasteiger partial charge in [0.25, 0.3) is 0 Å². The minimum absolute atomic E-state index is 0.892. The number of imidazole rings is 2. The SMILES string of the molecule is CCn1c(-c2ccc(-c3nc4ccccc4n3CC)cc2)nc2ccccc21. The molecule has 138 valence electrons. The Morgan fingerprint density at radius 1 is 0.571 bits per heavy atom. The molecule has 0 aliphatic rings. The molecule has 5 aromatic rings. The van der Waals surface area contributed by atoms with E-state index in [1.807, 2.05) is 12.1 Å². The Morgan fingerprint density at radius 2 is 0.964 bits per heavy atom. The smallest absolute Gasteiger partial charge is 0.141 e. The van der Waals surface area contributed by atoms with E-state index in [2.05, 4.69) is 83.6 Å². The minimum atomic E-state index is 0.892. The molecule has 0 unspecified atom stereocenters. The maximum Gasteiger partial charge on any atom is 0.141 e. The summed E-state index contributed by atoms with van der Waals surface area (Å²) in [6, 6.07) is 25.2. The summed E-state index contributed by atoms with van der Waals surface area (Å²) in [5.74, 6) is 2.03. The molecule has 0 atom stereocenters. The van der Waals surface area contributed by atoms with Crippen LogP contribution < -0.4 is 0 Å². The lowest BCUT2D eigenvalue weighted by Gasteiger charge is -2.09. The first-order valence-corrected chi connectivity index (χ1v) is 9.81. The molecule has 0 bridgehead atoms. The third kappa shape index (κ3) is 2.53. The zero-order chi connectivity index (χ0) is 19.1. The van der Waals surface area contributed by atoms with Gasteiger partial charge in [0.2, 0.25) is 0 Å². The molecule has 0 N–H and O–H groups in total. The van der Waals surface area contributed by atoms with Crippen molar-refractivity contribution in [2.45, 2.75) is 26.9 Å². The molecule has 0 saturated carbocycles. The molecular formula is C24H22N4. The van der Waals surface area contributed by atoms with E-state index in [0.29, 0.717) is 0 Å². The normalized spacial score (nSPS) is 11.5. The summed E-state index contributed by atoms with van der Waals surface area (Å²) < 4.78 is 4.54. The number of aromatic nitrogens is 4. The molecule has 5 rings (SSSR count). The highest BCUT2D eigenvalue weighted by Crippen LogP contribution is 2.29. The van der Waals surface area contributed by atoms with Crippen molar-refractivity contribution >= 4 is 22.1 Å². The summed E-state index contributed by atoms with van der Waals surface area (Å²) in [6.45, 7) is 6.11. The Balaban J connectivity index is 1.61. The number of aryl methyl sites for hydroxylation is 2. The van der Waals surface area contributed by atoms with E-state index in [1.54, 1.807) is 0 Å². The maximum atomic E-state index is 4.87. The van der Waals surface area contributed by atoms with Crippen LogP contribution in [0.3, 0.4) is 0 Å². The van der Waals surface area contributed by atoms with Crippen LogP contribution >= 0.6 is 0 Å². The number of para-hydroxylation sites is 4. The first kappa shape index (κ1) is 16.8. The Labute approximate surface area is 164 Å². The lowest BCUT2D eigenvalue weighted by Crippen LogP contribution is -1.99. The Kier molecular flexibility index (Phi) is 3.97. The first-order chi connectivity index (χ1) is 13.8. The van der Waals surface area contributed by atoms with E-state index in [-0.39, 0.29) is 0 Å². The number of rotatable bonds is 4. The van der Waals surface area contributed by atoms with Gasteiger partial charge in [-0.2, -0.15) is 0 Å². The van der Waals surface area contributed by atoms with Gasteiger partial charge >= 0.3 is 0 Å². The third-order valence-electron chi connectivity index (χ3n) is 5.34. The van der Waals surface area contributed by atoms with Gasteiger partial charge in [0, 0.05) is 24.2 Å². The Bertz CT molecular complexity index is 1170. The lowest BCUT2D eigenvalue weighted by molar-refractivity contribution is 0.795. The first-order valence-electron chi connectivity index (χ1n) is 9.81. The van der Waals surface area contributed by atoms with Crippen LogP contribution in [0.5, 0.6) is 0 Å². The Hall–Kier alpha value is -3.40. The van der Waals surface area contributed by atoms with Gasteiger partial charge in [-0.1, -0.05) is 48.5 Å². The molecule has 0 aliphatic carbocycles. The van der Waals surface area contributed by atoms with Gasteiger partial charge in [0.1, 0.15) is 11.6 Å². The zero-order valence-electron chi connectivity index (χ0n) is 16.1. The third-order valence-corrected chi connectivity index (χ3v) is 5.34. The van der Waals surface area contributed by atoms with Gasteiger partial charge in [0.15, 0.2) is 0 Å². The van der Waals surface area contributed by atoms with E-state index in [4.69, 9.17) is 9.97 Å². The summed E-state index contributed by atoms with van der Waals surface area (Å²) in [7, 11) is 0. The van der Waals surface area contributed by atoms with Crippen molar-refractivity contribution in [3.8, 4) is 22.8 Å². The second-order valence-corrected chi connectivity index (χ2v) is 6.91. The highest BCUT2D eigenvalue weighted by atomic mass is 15.1. The molecule has 0 spiro atoms. The van der Waals surface area contributed by atoms with E-state index < -0.39 is 0 Å². The van der Waals surface area contributed by atoms with Gasteiger partial charge < -0.3 is 9.13 Å². The van der Waals surface area contributed by atoms with Gasteiger partial charge in [-0.3, -0.25) is 0 Å². The number of hydrogen-bond donors (Lipinski definition) is 0. The van der Waals surface area contributed by atoms with Crippen molar-refractivity contribution in [1.29, 1.82) is 0 Å². The summed E-state index contributed by atoms with van der Waals surface area (Å²) in [5.41, 5.74) is 6.68. The molecule has 0 radical (unpaired) electrons. The van der Waals surface area contributed by atoms with Crippen molar-refractivity contribution in [3.05, 3.63) is 72.8 Å². The molecule has 4 heteroatoms. The van der Waals surface area contributed by atoms with Crippen LogP contribution in [0, 0.1) is 0 Å². The largest absolute Gasteiger partial charge is 0.324 e. The molecule has 0 aliphatic heterocycles.